The standard InChI is InChI=1S/C13H10N4O2/c1-7-15-9(6-14)12(16-7)8-3-4-11-10(5-8)17(2)13(18)19-11/h3-5H,1-2H3,(H,15,16). The predicted octanol–water partition coefficient (Wildman–Crippen LogP) is 1.70. The molecule has 0 aliphatic heterocycles. The highest BCUT2D eigenvalue weighted by Gasteiger charge is 2.13. The molecule has 0 radical (unpaired) electrons. The Bertz CT molecular complexity index is 876. The highest BCUT2D eigenvalue weighted by molar-refractivity contribution is 5.80. The van der Waals surface area contributed by atoms with Gasteiger partial charge in [-0.1, -0.05) is 0 Å². The van der Waals surface area contributed by atoms with Crippen molar-refractivity contribution in [3.05, 3.63) is 40.3 Å². The maximum absolute atomic E-state index is 11.4. The summed E-state index contributed by atoms with van der Waals surface area (Å²) in [6.07, 6.45) is 0. The predicted molar refractivity (Wildman–Crippen MR) is 68.5 cm³/mol. The first kappa shape index (κ1) is 11.3. The Labute approximate surface area is 107 Å². The molecule has 0 amide bonds. The summed E-state index contributed by atoms with van der Waals surface area (Å²) in [4.78, 5) is 18.6. The Balaban J connectivity index is 2.28. The van der Waals surface area contributed by atoms with Crippen LogP contribution in [0.5, 0.6) is 0 Å². The molecule has 3 rings (SSSR count). The fourth-order valence-corrected chi connectivity index (χ4v) is 2.06. The van der Waals surface area contributed by atoms with Crippen molar-refractivity contribution in [1.29, 1.82) is 5.26 Å². The minimum Gasteiger partial charge on any atom is -0.408 e. The SMILES string of the molecule is Cc1nc(C#N)c(-c2ccc3oc(=O)n(C)c3c2)[nH]1. The fraction of sp³-hybridized carbons (Fsp3) is 0.154. The van der Waals surface area contributed by atoms with Crippen molar-refractivity contribution >= 4 is 11.1 Å². The lowest BCUT2D eigenvalue weighted by Gasteiger charge is -1.99. The second kappa shape index (κ2) is 3.85. The molecule has 2 heterocycles. The van der Waals surface area contributed by atoms with Gasteiger partial charge < -0.3 is 9.40 Å². The van der Waals surface area contributed by atoms with Crippen LogP contribution in [0.3, 0.4) is 0 Å². The van der Waals surface area contributed by atoms with E-state index in [0.29, 0.717) is 28.3 Å². The van der Waals surface area contributed by atoms with Crippen molar-refractivity contribution in [3.63, 3.8) is 0 Å². The fourth-order valence-electron chi connectivity index (χ4n) is 2.06. The number of hydrogen-bond acceptors (Lipinski definition) is 4. The van der Waals surface area contributed by atoms with Gasteiger partial charge in [-0.25, -0.2) is 9.78 Å². The zero-order chi connectivity index (χ0) is 13.6. The first-order valence-corrected chi connectivity index (χ1v) is 5.67. The lowest BCUT2D eigenvalue weighted by atomic mass is 10.1. The van der Waals surface area contributed by atoms with E-state index in [1.54, 1.807) is 32.2 Å². The zero-order valence-electron chi connectivity index (χ0n) is 10.4. The Morgan fingerprint density at radius 1 is 1.47 bits per heavy atom. The number of oxazole rings is 1. The van der Waals surface area contributed by atoms with E-state index in [4.69, 9.17) is 9.68 Å². The summed E-state index contributed by atoms with van der Waals surface area (Å²) in [5, 5.41) is 9.06. The average Bonchev–Trinajstić information content (AvgIpc) is 2.91. The highest BCUT2D eigenvalue weighted by Crippen LogP contribution is 2.25. The van der Waals surface area contributed by atoms with Gasteiger partial charge in [-0.15, -0.1) is 0 Å². The summed E-state index contributed by atoms with van der Waals surface area (Å²) in [6.45, 7) is 1.79. The molecular formula is C13H10N4O2. The Morgan fingerprint density at radius 2 is 2.26 bits per heavy atom. The van der Waals surface area contributed by atoms with E-state index in [1.165, 1.54) is 4.57 Å². The van der Waals surface area contributed by atoms with Crippen LogP contribution >= 0.6 is 0 Å². The molecule has 6 heteroatoms. The highest BCUT2D eigenvalue weighted by atomic mass is 16.4. The molecule has 0 aliphatic carbocycles. The summed E-state index contributed by atoms with van der Waals surface area (Å²) < 4.78 is 6.49. The van der Waals surface area contributed by atoms with E-state index in [0.717, 1.165) is 5.56 Å². The summed E-state index contributed by atoms with van der Waals surface area (Å²) in [5.74, 6) is 0.265. The van der Waals surface area contributed by atoms with Crippen molar-refractivity contribution in [3.8, 4) is 17.3 Å². The average molecular weight is 254 g/mol. The van der Waals surface area contributed by atoms with Gasteiger partial charge in [0.15, 0.2) is 11.3 Å². The van der Waals surface area contributed by atoms with E-state index >= 15 is 0 Å². The second-order valence-corrected chi connectivity index (χ2v) is 4.27. The number of fused-ring (bicyclic) bond motifs is 1. The van der Waals surface area contributed by atoms with Crippen LogP contribution in [-0.2, 0) is 7.05 Å². The van der Waals surface area contributed by atoms with Gasteiger partial charge in [-0.2, -0.15) is 5.26 Å². The summed E-state index contributed by atoms with van der Waals surface area (Å²) in [5.41, 5.74) is 2.98. The van der Waals surface area contributed by atoms with E-state index < -0.39 is 5.76 Å². The summed E-state index contributed by atoms with van der Waals surface area (Å²) in [7, 11) is 1.64. The van der Waals surface area contributed by atoms with Gasteiger partial charge in [0.2, 0.25) is 0 Å². The van der Waals surface area contributed by atoms with E-state index in [9.17, 15) is 4.79 Å². The number of aromatic amines is 1. The monoisotopic (exact) mass is 254 g/mol. The maximum atomic E-state index is 11.4. The van der Waals surface area contributed by atoms with Crippen LogP contribution in [0.4, 0.5) is 0 Å². The van der Waals surface area contributed by atoms with Gasteiger partial charge in [0.25, 0.3) is 0 Å². The first-order chi connectivity index (χ1) is 9.10. The topological polar surface area (TPSA) is 87.6 Å². The largest absolute Gasteiger partial charge is 0.419 e. The van der Waals surface area contributed by atoms with Gasteiger partial charge >= 0.3 is 5.76 Å². The molecule has 3 aromatic rings. The van der Waals surface area contributed by atoms with Gasteiger partial charge in [0, 0.05) is 12.6 Å². The number of H-pyrrole nitrogens is 1. The number of benzene rings is 1. The number of rotatable bonds is 1. The molecule has 0 atom stereocenters. The molecule has 0 saturated carbocycles. The molecule has 0 bridgehead atoms. The normalized spacial score (nSPS) is 10.8. The number of aryl methyl sites for hydroxylation is 2. The molecule has 1 aromatic carbocycles. The van der Waals surface area contributed by atoms with Gasteiger partial charge in [0.05, 0.1) is 11.2 Å². The number of nitrogens with one attached hydrogen (secondary N) is 1. The van der Waals surface area contributed by atoms with Crippen molar-refractivity contribution in [2.24, 2.45) is 7.05 Å². The Morgan fingerprint density at radius 3 is 3.00 bits per heavy atom. The minimum atomic E-state index is -0.409. The third-order valence-electron chi connectivity index (χ3n) is 3.01. The Kier molecular flexibility index (Phi) is 2.29. The van der Waals surface area contributed by atoms with Crippen LogP contribution in [0.25, 0.3) is 22.4 Å². The van der Waals surface area contributed by atoms with Crippen LogP contribution in [0.1, 0.15) is 11.5 Å². The molecule has 0 unspecified atom stereocenters. The molecule has 0 fully saturated rings. The van der Waals surface area contributed by atoms with Crippen molar-refractivity contribution in [2.45, 2.75) is 6.92 Å². The number of nitrogens with zero attached hydrogens (tertiary/aromatic N) is 3. The van der Waals surface area contributed by atoms with Crippen LogP contribution < -0.4 is 5.76 Å². The lowest BCUT2D eigenvalue weighted by molar-refractivity contribution is 0.528. The molecule has 2 aromatic heterocycles. The third-order valence-corrected chi connectivity index (χ3v) is 3.01. The van der Waals surface area contributed by atoms with Crippen LogP contribution in [0.15, 0.2) is 27.4 Å². The van der Waals surface area contributed by atoms with Crippen LogP contribution in [-0.4, -0.2) is 14.5 Å². The second-order valence-electron chi connectivity index (χ2n) is 4.27. The van der Waals surface area contributed by atoms with E-state index in [2.05, 4.69) is 9.97 Å². The minimum absolute atomic E-state index is 0.338. The van der Waals surface area contributed by atoms with Crippen molar-refractivity contribution in [1.82, 2.24) is 14.5 Å². The van der Waals surface area contributed by atoms with Crippen LogP contribution in [0, 0.1) is 18.3 Å². The lowest BCUT2D eigenvalue weighted by Crippen LogP contribution is -2.08. The Hall–Kier alpha value is -2.81. The van der Waals surface area contributed by atoms with Gasteiger partial charge in [0.1, 0.15) is 11.9 Å². The molecule has 6 nitrogen and oxygen atoms in total. The molecule has 94 valence electrons. The maximum Gasteiger partial charge on any atom is 0.419 e. The zero-order valence-corrected chi connectivity index (χ0v) is 10.4. The molecule has 0 saturated heterocycles. The molecular weight excluding hydrogens is 244 g/mol. The molecule has 0 aliphatic rings. The van der Waals surface area contributed by atoms with Gasteiger partial charge in [-0.05, 0) is 25.1 Å². The van der Waals surface area contributed by atoms with Crippen LogP contribution in [0.2, 0.25) is 0 Å². The summed E-state index contributed by atoms with van der Waals surface area (Å²) in [6, 6.07) is 7.35. The number of aromatic nitrogens is 3. The summed E-state index contributed by atoms with van der Waals surface area (Å²) >= 11 is 0. The van der Waals surface area contributed by atoms with Gasteiger partial charge in [-0.3, -0.25) is 4.57 Å². The third kappa shape index (κ3) is 1.64. The van der Waals surface area contributed by atoms with E-state index in [-0.39, 0.29) is 0 Å². The smallest absolute Gasteiger partial charge is 0.408 e. The number of nitriles is 1. The quantitative estimate of drug-likeness (QED) is 0.715. The number of imidazole rings is 1. The van der Waals surface area contributed by atoms with E-state index in [1.807, 2.05) is 6.07 Å². The molecule has 19 heavy (non-hydrogen) atoms. The number of hydrogen-bond donors (Lipinski definition) is 1. The molecule has 1 N–H and O–H groups in total. The van der Waals surface area contributed by atoms with Crippen molar-refractivity contribution in [2.75, 3.05) is 0 Å². The van der Waals surface area contributed by atoms with Crippen molar-refractivity contribution < 1.29 is 4.42 Å². The molecule has 0 spiro atoms. The first-order valence-electron chi connectivity index (χ1n) is 5.67.